The van der Waals surface area contributed by atoms with Gasteiger partial charge in [0.25, 0.3) is 0 Å². The van der Waals surface area contributed by atoms with Gasteiger partial charge < -0.3 is 14.7 Å². The molecule has 0 unspecified atom stereocenters. The lowest BCUT2D eigenvalue weighted by Crippen LogP contribution is -2.64. The second kappa shape index (κ2) is 8.00. The summed E-state index contributed by atoms with van der Waals surface area (Å²) in [7, 11) is 2.88. The van der Waals surface area contributed by atoms with Crippen molar-refractivity contribution in [2.75, 3.05) is 19.1 Å². The van der Waals surface area contributed by atoms with Crippen molar-refractivity contribution in [1.82, 2.24) is 0 Å². The Morgan fingerprint density at radius 2 is 1.87 bits per heavy atom. The first-order chi connectivity index (χ1) is 14.8. The van der Waals surface area contributed by atoms with Crippen LogP contribution in [0.1, 0.15) is 44.2 Å². The second-order valence-electron chi connectivity index (χ2n) is 9.12. The van der Waals surface area contributed by atoms with Crippen molar-refractivity contribution in [3.8, 4) is 0 Å². The van der Waals surface area contributed by atoms with E-state index in [-0.39, 0.29) is 17.1 Å². The van der Waals surface area contributed by atoms with Crippen molar-refractivity contribution >= 4 is 17.5 Å². The molecule has 2 atom stereocenters. The topological polar surface area (TPSA) is 64.8 Å². The quantitative estimate of drug-likeness (QED) is 0.386. The van der Waals surface area contributed by atoms with E-state index in [1.807, 2.05) is 36.4 Å². The minimum Gasteiger partial charge on any atom is -0.624 e. The number of para-hydroxylation sites is 1. The summed E-state index contributed by atoms with van der Waals surface area (Å²) in [6.07, 6.45) is 1.81. The van der Waals surface area contributed by atoms with Gasteiger partial charge in [-0.25, -0.2) is 9.53 Å². The Hall–Kier alpha value is -2.86. The summed E-state index contributed by atoms with van der Waals surface area (Å²) in [5, 5.41) is 12.3. The number of carbonyl (C=O) groups is 1. The Bertz CT molecular complexity index is 998. The van der Waals surface area contributed by atoms with Crippen LogP contribution < -0.4 is 4.90 Å². The van der Waals surface area contributed by atoms with E-state index in [1.54, 1.807) is 4.90 Å². The van der Waals surface area contributed by atoms with Gasteiger partial charge in [0.2, 0.25) is 0 Å². The Kier molecular flexibility index (Phi) is 5.52. The van der Waals surface area contributed by atoms with Gasteiger partial charge in [-0.15, -0.1) is 0 Å². The molecule has 0 aromatic heterocycles. The molecule has 0 saturated heterocycles. The van der Waals surface area contributed by atoms with Crippen LogP contribution in [-0.2, 0) is 21.5 Å². The number of nitrogens with zero attached hydrogens (tertiary/aromatic N) is 2. The Balaban J connectivity index is 1.59. The first kappa shape index (κ1) is 21.4. The number of amides is 1. The molecule has 4 rings (SSSR count). The average molecular weight is 423 g/mol. The fourth-order valence-corrected chi connectivity index (χ4v) is 4.98. The lowest BCUT2D eigenvalue weighted by Gasteiger charge is -2.47. The Morgan fingerprint density at radius 1 is 1.19 bits per heavy atom. The highest BCUT2D eigenvalue weighted by atomic mass is 16.5. The normalized spacial score (nSPS) is 23.6. The predicted octanol–water partition coefficient (Wildman–Crippen LogP) is 4.64. The third-order valence-electron chi connectivity index (χ3n) is 6.72. The highest BCUT2D eigenvalue weighted by molar-refractivity contribution is 6.09. The maximum absolute atomic E-state index is 12.7. The Labute approximate surface area is 183 Å². The minimum absolute atomic E-state index is 0.299. The summed E-state index contributed by atoms with van der Waals surface area (Å²) in [5.74, 6) is 0. The van der Waals surface area contributed by atoms with Gasteiger partial charge in [0, 0.05) is 11.8 Å². The number of fused-ring (bicyclic) bond motifs is 3. The van der Waals surface area contributed by atoms with Crippen molar-refractivity contribution in [3.63, 3.8) is 0 Å². The van der Waals surface area contributed by atoms with Gasteiger partial charge in [-0.05, 0) is 43.9 Å². The molecule has 1 fully saturated rings. The lowest BCUT2D eigenvalue weighted by molar-refractivity contribution is -0.429. The van der Waals surface area contributed by atoms with E-state index < -0.39 is 6.09 Å². The minimum atomic E-state index is -0.432. The molecule has 164 valence electrons. The number of rotatable bonds is 6. The highest BCUT2D eigenvalue weighted by Gasteiger charge is 2.66. The molecule has 6 heteroatoms. The van der Waals surface area contributed by atoms with Crippen LogP contribution in [0.25, 0.3) is 0 Å². The SMILES string of the molecule is COC(=O)N1c2ccccc2[C@]2(CCC(C)(C)OCc3ccccc3)C/C(=[N+](/C)[O-])[C@H]12. The van der Waals surface area contributed by atoms with Crippen LogP contribution in [0.2, 0.25) is 0 Å². The van der Waals surface area contributed by atoms with Gasteiger partial charge in [-0.3, -0.25) is 4.90 Å². The summed E-state index contributed by atoms with van der Waals surface area (Å²) < 4.78 is 12.2. The van der Waals surface area contributed by atoms with Crippen molar-refractivity contribution in [1.29, 1.82) is 0 Å². The fraction of sp³-hybridized carbons (Fsp3) is 0.440. The molecule has 2 aliphatic rings. The molecule has 1 heterocycles. The Morgan fingerprint density at radius 3 is 2.55 bits per heavy atom. The van der Waals surface area contributed by atoms with Crippen LogP contribution in [0.3, 0.4) is 0 Å². The number of ether oxygens (including phenoxy) is 2. The molecule has 1 amide bonds. The summed E-state index contributed by atoms with van der Waals surface area (Å²) in [4.78, 5) is 14.3. The zero-order valence-corrected chi connectivity index (χ0v) is 18.6. The number of anilines is 1. The third-order valence-corrected chi connectivity index (χ3v) is 6.72. The van der Waals surface area contributed by atoms with Crippen LogP contribution in [-0.4, -0.2) is 42.3 Å². The summed E-state index contributed by atoms with van der Waals surface area (Å²) in [6, 6.07) is 17.7. The molecule has 0 radical (unpaired) electrons. The summed E-state index contributed by atoms with van der Waals surface area (Å²) in [6.45, 7) is 4.75. The molecule has 1 saturated carbocycles. The zero-order chi connectivity index (χ0) is 22.2. The molecule has 2 aromatic carbocycles. The van der Waals surface area contributed by atoms with E-state index in [4.69, 9.17) is 9.47 Å². The number of hydrogen-bond donors (Lipinski definition) is 0. The molecule has 2 aromatic rings. The molecule has 0 N–H and O–H groups in total. The standard InChI is InChI=1S/C25H30N2O4/c1-24(2,31-17-18-10-6-5-7-11-18)14-15-25-16-21(26(3)29)22(25)27(23(28)30-4)20-13-9-8-12-19(20)25/h5-13,22H,14-17H2,1-4H3/b26-21+/t22-,25-/m0/s1. The molecule has 0 spiro atoms. The number of hydroxylamine groups is 1. The number of carbonyl (C=O) groups excluding carboxylic acids is 1. The van der Waals surface area contributed by atoms with Crippen LogP contribution >= 0.6 is 0 Å². The van der Waals surface area contributed by atoms with Crippen LogP contribution in [0.15, 0.2) is 54.6 Å². The van der Waals surface area contributed by atoms with Crippen LogP contribution in [0.4, 0.5) is 10.5 Å². The van der Waals surface area contributed by atoms with E-state index in [0.29, 0.717) is 18.7 Å². The molecule has 6 nitrogen and oxygen atoms in total. The van der Waals surface area contributed by atoms with E-state index in [2.05, 4.69) is 32.0 Å². The monoisotopic (exact) mass is 422 g/mol. The number of hydrogen-bond acceptors (Lipinski definition) is 4. The lowest BCUT2D eigenvalue weighted by atomic mass is 9.58. The first-order valence-corrected chi connectivity index (χ1v) is 10.7. The molecule has 31 heavy (non-hydrogen) atoms. The highest BCUT2D eigenvalue weighted by Crippen LogP contribution is 2.57. The van der Waals surface area contributed by atoms with Gasteiger partial charge in [-0.1, -0.05) is 48.5 Å². The smallest absolute Gasteiger partial charge is 0.414 e. The van der Waals surface area contributed by atoms with Crippen molar-refractivity contribution in [2.24, 2.45) is 0 Å². The molecule has 1 aliphatic carbocycles. The van der Waals surface area contributed by atoms with Gasteiger partial charge >= 0.3 is 6.09 Å². The van der Waals surface area contributed by atoms with Crippen molar-refractivity contribution in [3.05, 3.63) is 70.9 Å². The van der Waals surface area contributed by atoms with E-state index in [1.165, 1.54) is 14.2 Å². The predicted molar refractivity (Wildman–Crippen MR) is 121 cm³/mol. The van der Waals surface area contributed by atoms with E-state index >= 15 is 0 Å². The van der Waals surface area contributed by atoms with Crippen molar-refractivity contribution in [2.45, 2.75) is 56.8 Å². The van der Waals surface area contributed by atoms with Gasteiger partial charge in [0.15, 0.2) is 5.71 Å². The molecule has 0 bridgehead atoms. The van der Waals surface area contributed by atoms with Gasteiger partial charge in [-0.2, -0.15) is 0 Å². The molecular weight excluding hydrogens is 392 g/mol. The van der Waals surface area contributed by atoms with Crippen molar-refractivity contribution < 1.29 is 19.0 Å². The number of benzene rings is 2. The first-order valence-electron chi connectivity index (χ1n) is 10.7. The fourth-order valence-electron chi connectivity index (χ4n) is 4.98. The second-order valence-corrected chi connectivity index (χ2v) is 9.12. The van der Waals surface area contributed by atoms with Gasteiger partial charge in [0.05, 0.1) is 25.0 Å². The van der Waals surface area contributed by atoms with Gasteiger partial charge in [0.1, 0.15) is 13.1 Å². The van der Waals surface area contributed by atoms with Crippen LogP contribution in [0.5, 0.6) is 0 Å². The average Bonchev–Trinajstić information content (AvgIpc) is 2.96. The molecule has 1 aliphatic heterocycles. The summed E-state index contributed by atoms with van der Waals surface area (Å²) in [5.41, 5.74) is 3.15. The largest absolute Gasteiger partial charge is 0.624 e. The van der Waals surface area contributed by atoms with Crippen LogP contribution in [0, 0.1) is 5.21 Å². The number of methoxy groups -OCH3 is 1. The van der Waals surface area contributed by atoms with E-state index in [9.17, 15) is 10.0 Å². The zero-order valence-electron chi connectivity index (χ0n) is 18.6. The molecular formula is C25H30N2O4. The third kappa shape index (κ3) is 3.69. The van der Waals surface area contributed by atoms with E-state index in [0.717, 1.165) is 34.4 Å². The maximum atomic E-state index is 12.7. The maximum Gasteiger partial charge on any atom is 0.414 e. The summed E-state index contributed by atoms with van der Waals surface area (Å²) >= 11 is 0.